The third-order valence-corrected chi connectivity index (χ3v) is 2.12. The standard InChI is InChI=1S/C10H20N2O2/c1-2-3-4-5-6-7-8-10(12-14)9-11-13/h9,13-14H,2-8H2,1H3. The molecule has 2 N–H and O–H groups in total. The molecule has 4 nitrogen and oxygen atoms in total. The van der Waals surface area contributed by atoms with Gasteiger partial charge in [-0.25, -0.2) is 0 Å². The Hall–Kier alpha value is -1.06. The Morgan fingerprint density at radius 1 is 1.07 bits per heavy atom. The smallest absolute Gasteiger partial charge is 0.101 e. The highest BCUT2D eigenvalue weighted by Crippen LogP contribution is 2.07. The molecule has 0 aromatic rings. The van der Waals surface area contributed by atoms with Gasteiger partial charge in [0, 0.05) is 0 Å². The molecule has 0 aromatic heterocycles. The normalized spacial score (nSPS) is 12.5. The number of rotatable bonds is 8. The summed E-state index contributed by atoms with van der Waals surface area (Å²) in [5.41, 5.74) is 0.433. The van der Waals surface area contributed by atoms with Gasteiger partial charge >= 0.3 is 0 Å². The SMILES string of the molecule is CCCCCCCCC(C=NO)=NO. The van der Waals surface area contributed by atoms with Crippen molar-refractivity contribution in [3.05, 3.63) is 0 Å². The van der Waals surface area contributed by atoms with Crippen molar-refractivity contribution in [2.45, 2.75) is 51.9 Å². The zero-order valence-electron chi connectivity index (χ0n) is 8.82. The van der Waals surface area contributed by atoms with Crippen LogP contribution in [0.3, 0.4) is 0 Å². The van der Waals surface area contributed by atoms with Gasteiger partial charge < -0.3 is 10.4 Å². The van der Waals surface area contributed by atoms with E-state index in [-0.39, 0.29) is 0 Å². The lowest BCUT2D eigenvalue weighted by Crippen LogP contribution is -1.99. The number of oxime groups is 2. The van der Waals surface area contributed by atoms with Crippen LogP contribution in [-0.4, -0.2) is 22.3 Å². The lowest BCUT2D eigenvalue weighted by atomic mass is 10.1. The van der Waals surface area contributed by atoms with E-state index in [0.29, 0.717) is 12.1 Å². The largest absolute Gasteiger partial charge is 0.411 e. The average molecular weight is 200 g/mol. The number of hydrogen-bond acceptors (Lipinski definition) is 4. The zero-order chi connectivity index (χ0) is 10.6. The minimum Gasteiger partial charge on any atom is -0.411 e. The molecule has 0 aliphatic rings. The minimum atomic E-state index is 0.433. The first kappa shape index (κ1) is 12.9. The fourth-order valence-corrected chi connectivity index (χ4v) is 1.29. The molecule has 0 heterocycles. The van der Waals surface area contributed by atoms with E-state index in [1.165, 1.54) is 31.9 Å². The summed E-state index contributed by atoms with van der Waals surface area (Å²) in [5.74, 6) is 0. The Kier molecular flexibility index (Phi) is 9.26. The van der Waals surface area contributed by atoms with Crippen LogP contribution in [0.5, 0.6) is 0 Å². The van der Waals surface area contributed by atoms with Gasteiger partial charge in [0.15, 0.2) is 0 Å². The van der Waals surface area contributed by atoms with Gasteiger partial charge in [-0.15, -0.1) is 0 Å². The van der Waals surface area contributed by atoms with Crippen molar-refractivity contribution in [2.75, 3.05) is 0 Å². The summed E-state index contributed by atoms with van der Waals surface area (Å²) >= 11 is 0. The molecule has 0 radical (unpaired) electrons. The first-order chi connectivity index (χ1) is 6.85. The maximum atomic E-state index is 8.48. The lowest BCUT2D eigenvalue weighted by Gasteiger charge is -1.99. The topological polar surface area (TPSA) is 65.2 Å². The van der Waals surface area contributed by atoms with Crippen LogP contribution in [0, 0.1) is 0 Å². The van der Waals surface area contributed by atoms with Crippen molar-refractivity contribution in [3.8, 4) is 0 Å². The minimum absolute atomic E-state index is 0.433. The van der Waals surface area contributed by atoms with Crippen LogP contribution in [0.1, 0.15) is 51.9 Å². The second kappa shape index (κ2) is 10.0. The zero-order valence-corrected chi connectivity index (χ0v) is 8.82. The van der Waals surface area contributed by atoms with Crippen molar-refractivity contribution in [2.24, 2.45) is 10.3 Å². The number of hydrogen-bond donors (Lipinski definition) is 2. The molecular weight excluding hydrogens is 180 g/mol. The summed E-state index contributed by atoms with van der Waals surface area (Å²) in [6.45, 7) is 2.19. The third-order valence-electron chi connectivity index (χ3n) is 2.12. The molecule has 0 atom stereocenters. The predicted molar refractivity (Wildman–Crippen MR) is 57.5 cm³/mol. The summed E-state index contributed by atoms with van der Waals surface area (Å²) in [7, 11) is 0. The fourth-order valence-electron chi connectivity index (χ4n) is 1.29. The molecule has 82 valence electrons. The van der Waals surface area contributed by atoms with Gasteiger partial charge in [0.05, 0.1) is 6.21 Å². The van der Waals surface area contributed by atoms with Gasteiger partial charge in [0.2, 0.25) is 0 Å². The molecule has 0 aromatic carbocycles. The first-order valence-corrected chi connectivity index (χ1v) is 5.23. The van der Waals surface area contributed by atoms with Gasteiger partial charge in [-0.3, -0.25) is 0 Å². The van der Waals surface area contributed by atoms with Crippen LogP contribution >= 0.6 is 0 Å². The molecule has 4 heteroatoms. The van der Waals surface area contributed by atoms with E-state index in [2.05, 4.69) is 17.2 Å². The van der Waals surface area contributed by atoms with Crippen LogP contribution in [0.4, 0.5) is 0 Å². The van der Waals surface area contributed by atoms with Crippen molar-refractivity contribution in [1.29, 1.82) is 0 Å². The van der Waals surface area contributed by atoms with E-state index in [1.807, 2.05) is 0 Å². The Balaban J connectivity index is 3.34. The van der Waals surface area contributed by atoms with E-state index in [1.54, 1.807) is 0 Å². The van der Waals surface area contributed by atoms with E-state index < -0.39 is 0 Å². The molecule has 0 aliphatic carbocycles. The van der Waals surface area contributed by atoms with E-state index in [4.69, 9.17) is 10.4 Å². The van der Waals surface area contributed by atoms with Crippen molar-refractivity contribution >= 4 is 11.9 Å². The Bertz CT molecular complexity index is 179. The van der Waals surface area contributed by atoms with Crippen molar-refractivity contribution in [3.63, 3.8) is 0 Å². The van der Waals surface area contributed by atoms with Crippen molar-refractivity contribution < 1.29 is 10.4 Å². The predicted octanol–water partition coefficient (Wildman–Crippen LogP) is 3.03. The van der Waals surface area contributed by atoms with Gasteiger partial charge in [-0.05, 0) is 12.8 Å². The molecule has 0 saturated carbocycles. The summed E-state index contributed by atoms with van der Waals surface area (Å²) in [6, 6.07) is 0. The molecule has 0 amide bonds. The van der Waals surface area contributed by atoms with Gasteiger partial charge in [0.25, 0.3) is 0 Å². The lowest BCUT2D eigenvalue weighted by molar-refractivity contribution is 0.314. The second-order valence-electron chi connectivity index (χ2n) is 3.35. The summed E-state index contributed by atoms with van der Waals surface area (Å²) in [4.78, 5) is 0. The molecular formula is C10H20N2O2. The molecule has 0 aliphatic heterocycles. The number of nitrogens with zero attached hydrogens (tertiary/aromatic N) is 2. The van der Waals surface area contributed by atoms with E-state index in [9.17, 15) is 0 Å². The van der Waals surface area contributed by atoms with Crippen molar-refractivity contribution in [1.82, 2.24) is 0 Å². The highest BCUT2D eigenvalue weighted by atomic mass is 16.4. The van der Waals surface area contributed by atoms with Gasteiger partial charge in [-0.2, -0.15) is 0 Å². The Morgan fingerprint density at radius 3 is 2.29 bits per heavy atom. The Labute approximate surface area is 85.3 Å². The van der Waals surface area contributed by atoms with Gasteiger partial charge in [-0.1, -0.05) is 49.3 Å². The molecule has 0 fully saturated rings. The van der Waals surface area contributed by atoms with E-state index >= 15 is 0 Å². The van der Waals surface area contributed by atoms with E-state index in [0.717, 1.165) is 12.8 Å². The highest BCUT2D eigenvalue weighted by molar-refractivity contribution is 6.30. The van der Waals surface area contributed by atoms with Gasteiger partial charge in [0.1, 0.15) is 5.71 Å². The molecule has 0 saturated heterocycles. The van der Waals surface area contributed by atoms with Crippen LogP contribution in [-0.2, 0) is 0 Å². The van der Waals surface area contributed by atoms with Crippen LogP contribution < -0.4 is 0 Å². The summed E-state index contributed by atoms with van der Waals surface area (Å²) < 4.78 is 0. The van der Waals surface area contributed by atoms with Crippen LogP contribution in [0.15, 0.2) is 10.3 Å². The number of unbranched alkanes of at least 4 members (excludes halogenated alkanes) is 5. The third kappa shape index (κ3) is 7.58. The molecule has 0 bridgehead atoms. The molecule has 0 rings (SSSR count). The van der Waals surface area contributed by atoms with Crippen LogP contribution in [0.2, 0.25) is 0 Å². The Morgan fingerprint density at radius 2 is 1.71 bits per heavy atom. The fraction of sp³-hybridized carbons (Fsp3) is 0.800. The molecule has 0 unspecified atom stereocenters. The summed E-state index contributed by atoms with van der Waals surface area (Å²) in [6.07, 6.45) is 9.00. The quantitative estimate of drug-likeness (QED) is 0.274. The maximum Gasteiger partial charge on any atom is 0.101 e. The summed E-state index contributed by atoms with van der Waals surface area (Å²) in [5, 5.41) is 22.5. The van der Waals surface area contributed by atoms with Crippen LogP contribution in [0.25, 0.3) is 0 Å². The average Bonchev–Trinajstić information content (AvgIpc) is 2.21. The highest BCUT2D eigenvalue weighted by Gasteiger charge is 1.96. The second-order valence-corrected chi connectivity index (χ2v) is 3.35. The molecule has 14 heavy (non-hydrogen) atoms. The monoisotopic (exact) mass is 200 g/mol. The maximum absolute atomic E-state index is 8.48. The molecule has 0 spiro atoms. The first-order valence-electron chi connectivity index (χ1n) is 5.23.